The van der Waals surface area contributed by atoms with E-state index >= 15 is 0 Å². The van der Waals surface area contributed by atoms with Crippen molar-refractivity contribution in [1.29, 1.82) is 0 Å². The van der Waals surface area contributed by atoms with Gasteiger partial charge in [-0.3, -0.25) is 10.5 Å². The van der Waals surface area contributed by atoms with Gasteiger partial charge in [0, 0.05) is 23.5 Å². The van der Waals surface area contributed by atoms with Gasteiger partial charge in [0.25, 0.3) is 5.91 Å². The second-order valence-corrected chi connectivity index (χ2v) is 8.17. The number of likely N-dealkylation sites (N-methyl/N-ethyl adjacent to an activating group) is 1. The van der Waals surface area contributed by atoms with Gasteiger partial charge in [-0.15, -0.1) is 0 Å². The molecule has 170 valence electrons. The molecule has 10 heteroatoms. The first-order valence-electron chi connectivity index (χ1n) is 9.69. The number of carbonyl (C=O) groups is 2. The minimum atomic E-state index is -5.21. The highest BCUT2D eigenvalue weighted by atomic mass is 79.9. The van der Waals surface area contributed by atoms with Crippen LogP contribution in [0.15, 0.2) is 70.3 Å². The van der Waals surface area contributed by atoms with Crippen molar-refractivity contribution >= 4 is 27.8 Å². The van der Waals surface area contributed by atoms with Crippen molar-refractivity contribution in [1.82, 2.24) is 9.96 Å². The van der Waals surface area contributed by atoms with Gasteiger partial charge < -0.3 is 9.74 Å². The van der Waals surface area contributed by atoms with Gasteiger partial charge >= 0.3 is 12.1 Å². The smallest absolute Gasteiger partial charge is 0.329 e. The number of alkyl halides is 3. The van der Waals surface area contributed by atoms with Crippen LogP contribution >= 0.6 is 15.9 Å². The van der Waals surface area contributed by atoms with Gasteiger partial charge in [0.15, 0.2) is 6.29 Å². The van der Waals surface area contributed by atoms with E-state index in [1.807, 2.05) is 30.3 Å². The van der Waals surface area contributed by atoms with Crippen LogP contribution in [0.25, 0.3) is 0 Å². The van der Waals surface area contributed by atoms with Crippen LogP contribution in [0.2, 0.25) is 0 Å². The summed E-state index contributed by atoms with van der Waals surface area (Å²) in [5.74, 6) is -2.85. The van der Waals surface area contributed by atoms with Gasteiger partial charge in [-0.2, -0.15) is 18.2 Å². The maximum atomic E-state index is 13.0. The maximum absolute atomic E-state index is 13.0. The molecular weight excluding hydrogens is 491 g/mol. The SMILES string of the molecule is CN1C(=O)C(Cc2ccccc2)=C(CCc2cccc(Br)c2)N(OC(=O)C(F)(F)F)C1N. The fourth-order valence-corrected chi connectivity index (χ4v) is 3.80. The summed E-state index contributed by atoms with van der Waals surface area (Å²) < 4.78 is 39.6. The largest absolute Gasteiger partial charge is 0.493 e. The van der Waals surface area contributed by atoms with Crippen LogP contribution in [-0.2, 0) is 27.3 Å². The average Bonchev–Trinajstić information content (AvgIpc) is 2.75. The Balaban J connectivity index is 2.02. The van der Waals surface area contributed by atoms with E-state index in [1.54, 1.807) is 24.3 Å². The molecule has 0 bridgehead atoms. The fraction of sp³-hybridized carbons (Fsp3) is 0.273. The Morgan fingerprint density at radius 3 is 2.38 bits per heavy atom. The van der Waals surface area contributed by atoms with E-state index in [0.29, 0.717) is 11.5 Å². The van der Waals surface area contributed by atoms with Gasteiger partial charge in [-0.05, 0) is 36.1 Å². The van der Waals surface area contributed by atoms with E-state index < -0.39 is 24.3 Å². The Bertz CT molecular complexity index is 1030. The Kier molecular flexibility index (Phi) is 7.25. The van der Waals surface area contributed by atoms with Crippen LogP contribution in [0, 0.1) is 0 Å². The fourth-order valence-electron chi connectivity index (χ4n) is 3.35. The van der Waals surface area contributed by atoms with Crippen LogP contribution in [0.5, 0.6) is 0 Å². The molecule has 2 N–H and O–H groups in total. The van der Waals surface area contributed by atoms with Crippen LogP contribution in [-0.4, -0.2) is 41.4 Å². The lowest BCUT2D eigenvalue weighted by atomic mass is 9.97. The number of hydrogen-bond donors (Lipinski definition) is 1. The number of aryl methyl sites for hydroxylation is 1. The molecular formula is C22H21BrF3N3O3. The minimum Gasteiger partial charge on any atom is -0.329 e. The van der Waals surface area contributed by atoms with Crippen molar-refractivity contribution in [2.24, 2.45) is 5.73 Å². The zero-order valence-electron chi connectivity index (χ0n) is 17.1. The predicted octanol–water partition coefficient (Wildman–Crippen LogP) is 3.92. The molecule has 0 saturated heterocycles. The van der Waals surface area contributed by atoms with Crippen LogP contribution in [0.1, 0.15) is 17.5 Å². The summed E-state index contributed by atoms with van der Waals surface area (Å²) in [6.45, 7) is 0. The number of carbonyl (C=O) groups excluding carboxylic acids is 2. The van der Waals surface area contributed by atoms with Crippen molar-refractivity contribution in [3.8, 4) is 0 Å². The first-order valence-corrected chi connectivity index (χ1v) is 10.5. The summed E-state index contributed by atoms with van der Waals surface area (Å²) in [5, 5.41) is 0.702. The van der Waals surface area contributed by atoms with Crippen molar-refractivity contribution in [3.63, 3.8) is 0 Å². The zero-order valence-corrected chi connectivity index (χ0v) is 18.7. The number of benzene rings is 2. The highest BCUT2D eigenvalue weighted by Gasteiger charge is 2.46. The molecule has 1 aliphatic rings. The molecule has 2 aromatic carbocycles. The van der Waals surface area contributed by atoms with Crippen molar-refractivity contribution in [2.45, 2.75) is 31.7 Å². The monoisotopic (exact) mass is 511 g/mol. The molecule has 0 radical (unpaired) electrons. The summed E-state index contributed by atoms with van der Waals surface area (Å²) in [5.41, 5.74) is 8.00. The summed E-state index contributed by atoms with van der Waals surface area (Å²) in [6.07, 6.45) is -5.95. The van der Waals surface area contributed by atoms with E-state index in [2.05, 4.69) is 20.8 Å². The van der Waals surface area contributed by atoms with Gasteiger partial charge in [-0.25, -0.2) is 4.79 Å². The third-order valence-corrected chi connectivity index (χ3v) is 5.50. The van der Waals surface area contributed by atoms with Crippen molar-refractivity contribution in [3.05, 3.63) is 81.5 Å². The molecule has 32 heavy (non-hydrogen) atoms. The van der Waals surface area contributed by atoms with Crippen LogP contribution in [0.3, 0.4) is 0 Å². The summed E-state index contributed by atoms with van der Waals surface area (Å²) in [6, 6.07) is 16.4. The average molecular weight is 512 g/mol. The normalized spacial score (nSPS) is 17.1. The lowest BCUT2D eigenvalue weighted by Gasteiger charge is -2.41. The number of nitrogens with zero attached hydrogens (tertiary/aromatic N) is 2. The maximum Gasteiger partial charge on any atom is 0.493 e. The number of nitrogens with two attached hydrogens (primary N) is 1. The van der Waals surface area contributed by atoms with Crippen molar-refractivity contribution in [2.75, 3.05) is 7.05 Å². The quantitative estimate of drug-likeness (QED) is 0.636. The lowest BCUT2D eigenvalue weighted by Crippen LogP contribution is -2.59. The Labute approximate surface area is 191 Å². The molecule has 3 rings (SSSR count). The second-order valence-electron chi connectivity index (χ2n) is 7.25. The summed E-state index contributed by atoms with van der Waals surface area (Å²) in [4.78, 5) is 30.4. The van der Waals surface area contributed by atoms with Crippen LogP contribution in [0.4, 0.5) is 13.2 Å². The van der Waals surface area contributed by atoms with Crippen molar-refractivity contribution < 1.29 is 27.6 Å². The highest BCUT2D eigenvalue weighted by molar-refractivity contribution is 9.10. The molecule has 2 aromatic rings. The molecule has 0 fully saturated rings. The van der Waals surface area contributed by atoms with Gasteiger partial charge in [0.05, 0.1) is 5.70 Å². The zero-order chi connectivity index (χ0) is 23.5. The van der Waals surface area contributed by atoms with E-state index in [-0.39, 0.29) is 24.1 Å². The number of halogens is 4. The Morgan fingerprint density at radius 1 is 1.09 bits per heavy atom. The first-order chi connectivity index (χ1) is 15.1. The van der Waals surface area contributed by atoms with E-state index in [4.69, 9.17) is 5.73 Å². The van der Waals surface area contributed by atoms with Gasteiger partial charge in [-0.1, -0.05) is 58.4 Å². The summed E-state index contributed by atoms with van der Waals surface area (Å²) in [7, 11) is 1.34. The molecule has 1 unspecified atom stereocenters. The Hall–Kier alpha value is -2.85. The second kappa shape index (κ2) is 9.74. The topological polar surface area (TPSA) is 75.9 Å². The number of allylic oxidation sites excluding steroid dienone is 1. The molecule has 6 nitrogen and oxygen atoms in total. The third-order valence-electron chi connectivity index (χ3n) is 5.01. The molecule has 1 amide bonds. The number of hydrogen-bond acceptors (Lipinski definition) is 5. The minimum absolute atomic E-state index is 0.136. The lowest BCUT2D eigenvalue weighted by molar-refractivity contribution is -0.248. The molecule has 0 saturated carbocycles. The molecule has 1 heterocycles. The van der Waals surface area contributed by atoms with E-state index in [1.165, 1.54) is 7.05 Å². The highest BCUT2D eigenvalue weighted by Crippen LogP contribution is 2.31. The number of amides is 1. The molecule has 0 spiro atoms. The standard InChI is InChI=1S/C22H21BrF3N3O3/c1-28-19(30)17(13-14-6-3-2-4-7-14)18(11-10-15-8-5-9-16(23)12-15)29(21(28)27)32-20(31)22(24,25)26/h2-9,12,21H,10-11,13,27H2,1H3. The first kappa shape index (κ1) is 23.8. The molecule has 0 aliphatic carbocycles. The van der Waals surface area contributed by atoms with E-state index in [0.717, 1.165) is 20.5 Å². The number of rotatable bonds is 6. The number of hydroxylamine groups is 2. The predicted molar refractivity (Wildman–Crippen MR) is 114 cm³/mol. The molecule has 1 aliphatic heterocycles. The van der Waals surface area contributed by atoms with Crippen LogP contribution < -0.4 is 5.73 Å². The van der Waals surface area contributed by atoms with E-state index in [9.17, 15) is 22.8 Å². The molecule has 0 aromatic heterocycles. The van der Waals surface area contributed by atoms with Gasteiger partial charge in [0.2, 0.25) is 0 Å². The van der Waals surface area contributed by atoms with Gasteiger partial charge in [0.1, 0.15) is 0 Å². The summed E-state index contributed by atoms with van der Waals surface area (Å²) >= 11 is 3.38. The Morgan fingerprint density at radius 2 is 1.75 bits per heavy atom. The third kappa shape index (κ3) is 5.49. The molecule has 1 atom stereocenters.